The number of nitrogens with one attached hydrogen (secondary N) is 3. The molecule has 1 heterocycles. The minimum atomic E-state index is -4.04. The molecule has 2 aromatic rings. The first kappa shape index (κ1) is 32.1. The molecule has 2 saturated carbocycles. The molecule has 0 aliphatic heterocycles. The fourth-order valence-corrected chi connectivity index (χ4v) is 7.62. The number of aromatic nitrogens is 1. The van der Waals surface area contributed by atoms with Gasteiger partial charge in [0.05, 0.1) is 26.8 Å². The van der Waals surface area contributed by atoms with Gasteiger partial charge in [-0.2, -0.15) is 0 Å². The highest BCUT2D eigenvalue weighted by Crippen LogP contribution is 2.48. The Hall–Kier alpha value is -2.84. The third-order valence-corrected chi connectivity index (χ3v) is 9.85. The normalized spacial score (nSPS) is 22.0. The number of hydrogen-bond donors (Lipinski definition) is 3. The van der Waals surface area contributed by atoms with Gasteiger partial charge in [0.2, 0.25) is 10.0 Å². The van der Waals surface area contributed by atoms with Crippen molar-refractivity contribution in [3.8, 4) is 10.4 Å². The number of carbonyl (C=O) groups is 2. The van der Waals surface area contributed by atoms with Crippen LogP contribution in [0.5, 0.6) is 0 Å². The highest BCUT2D eigenvalue weighted by Gasteiger charge is 2.57. The van der Waals surface area contributed by atoms with Crippen LogP contribution in [0, 0.1) is 5.92 Å². The van der Waals surface area contributed by atoms with Crippen LogP contribution in [0.25, 0.3) is 10.4 Å². The summed E-state index contributed by atoms with van der Waals surface area (Å²) in [5.41, 5.74) is -0.216. The molecule has 2 fully saturated rings. The molecule has 10 nitrogen and oxygen atoms in total. The van der Waals surface area contributed by atoms with E-state index in [0.717, 1.165) is 30.7 Å². The fraction of sp³-hybridized carbons (Fsp3) is 0.607. The first-order valence-electron chi connectivity index (χ1n) is 14.0. The molecule has 1 unspecified atom stereocenters. The number of ether oxygens (including phenoxy) is 2. The lowest BCUT2D eigenvalue weighted by Crippen LogP contribution is -2.40. The van der Waals surface area contributed by atoms with Crippen LogP contribution in [0.3, 0.4) is 0 Å². The lowest BCUT2D eigenvalue weighted by atomic mass is 9.86. The van der Waals surface area contributed by atoms with Gasteiger partial charge in [0.25, 0.3) is 5.92 Å². The number of rotatable bonds is 9. The number of alkyl carbamates (subject to hydrolysis) is 1. The predicted molar refractivity (Wildman–Crippen MR) is 155 cm³/mol. The van der Waals surface area contributed by atoms with Crippen LogP contribution in [-0.2, 0) is 19.5 Å². The average Bonchev–Trinajstić information content (AvgIpc) is 3.23. The topological polar surface area (TPSA) is 136 Å². The standard InChI is InChI=1S/C28H38F2N4O6S2/c1-16(2)40-26(36)32-19-8-6-17(7-9-19)24-31-14-22(41-24)21-11-10-20(12-23(21)42(37,38)34-27(3,4)5)33-25(35)39-15-18-13-28(18,29)30/h10-12,14,16-19,34H,6-9,13,15H2,1-5H3,(H,32,36)(H,33,35). The molecular weight excluding hydrogens is 590 g/mol. The number of anilines is 1. The van der Waals surface area contributed by atoms with Crippen molar-refractivity contribution in [2.24, 2.45) is 5.92 Å². The van der Waals surface area contributed by atoms with Crippen molar-refractivity contribution in [2.45, 2.75) is 101 Å². The number of benzene rings is 1. The van der Waals surface area contributed by atoms with Crippen LogP contribution in [0.4, 0.5) is 24.1 Å². The second-order valence-corrected chi connectivity index (χ2v) is 14.9. The van der Waals surface area contributed by atoms with Gasteiger partial charge in [-0.15, -0.1) is 11.3 Å². The summed E-state index contributed by atoms with van der Waals surface area (Å²) in [7, 11) is -4.04. The lowest BCUT2D eigenvalue weighted by molar-refractivity contribution is 0.0756. The zero-order valence-electron chi connectivity index (χ0n) is 24.3. The van der Waals surface area contributed by atoms with E-state index in [2.05, 4.69) is 20.3 Å². The monoisotopic (exact) mass is 628 g/mol. The van der Waals surface area contributed by atoms with Crippen LogP contribution in [0.2, 0.25) is 0 Å². The molecule has 2 aliphatic carbocycles. The van der Waals surface area contributed by atoms with E-state index in [9.17, 15) is 26.8 Å². The first-order valence-corrected chi connectivity index (χ1v) is 16.3. The summed E-state index contributed by atoms with van der Waals surface area (Å²) in [5.74, 6) is -3.64. The molecule has 42 heavy (non-hydrogen) atoms. The minimum Gasteiger partial charge on any atom is -0.449 e. The van der Waals surface area contributed by atoms with E-state index in [1.165, 1.54) is 23.5 Å². The van der Waals surface area contributed by atoms with Crippen LogP contribution in [-0.4, -0.2) is 55.8 Å². The van der Waals surface area contributed by atoms with Crippen molar-refractivity contribution in [3.63, 3.8) is 0 Å². The van der Waals surface area contributed by atoms with Gasteiger partial charge >= 0.3 is 12.2 Å². The highest BCUT2D eigenvalue weighted by atomic mass is 32.2. The van der Waals surface area contributed by atoms with Crippen molar-refractivity contribution in [3.05, 3.63) is 29.4 Å². The summed E-state index contributed by atoms with van der Waals surface area (Å²) >= 11 is 1.40. The number of thiazole rings is 1. The summed E-state index contributed by atoms with van der Waals surface area (Å²) in [6.45, 7) is 8.33. The number of sulfonamides is 1. The van der Waals surface area contributed by atoms with E-state index in [4.69, 9.17) is 9.47 Å². The van der Waals surface area contributed by atoms with Crippen molar-refractivity contribution < 1.29 is 36.3 Å². The van der Waals surface area contributed by atoms with E-state index < -0.39 is 46.2 Å². The third kappa shape index (κ3) is 8.60. The number of hydrogen-bond acceptors (Lipinski definition) is 8. The van der Waals surface area contributed by atoms with E-state index in [-0.39, 0.29) is 35.1 Å². The number of alkyl halides is 2. The van der Waals surface area contributed by atoms with Gasteiger partial charge in [-0.3, -0.25) is 5.32 Å². The Kier molecular flexibility index (Phi) is 9.48. The molecular formula is C28H38F2N4O6S2. The molecule has 4 rings (SSSR count). The van der Waals surface area contributed by atoms with Gasteiger partial charge < -0.3 is 14.8 Å². The maximum Gasteiger partial charge on any atom is 0.411 e. The highest BCUT2D eigenvalue weighted by molar-refractivity contribution is 7.89. The molecule has 1 aromatic heterocycles. The Morgan fingerprint density at radius 3 is 2.40 bits per heavy atom. The van der Waals surface area contributed by atoms with Gasteiger partial charge in [0.15, 0.2) is 0 Å². The van der Waals surface area contributed by atoms with Crippen LogP contribution < -0.4 is 15.4 Å². The van der Waals surface area contributed by atoms with E-state index in [1.807, 2.05) is 0 Å². The summed E-state index contributed by atoms with van der Waals surface area (Å²) in [4.78, 5) is 29.4. The van der Waals surface area contributed by atoms with E-state index in [0.29, 0.717) is 10.4 Å². The van der Waals surface area contributed by atoms with Gasteiger partial charge in [-0.25, -0.2) is 36.5 Å². The molecule has 2 amide bonds. The maximum atomic E-state index is 13.5. The molecule has 0 bridgehead atoms. The van der Waals surface area contributed by atoms with Crippen molar-refractivity contribution in [2.75, 3.05) is 11.9 Å². The van der Waals surface area contributed by atoms with E-state index >= 15 is 0 Å². The smallest absolute Gasteiger partial charge is 0.411 e. The second-order valence-electron chi connectivity index (χ2n) is 12.2. The van der Waals surface area contributed by atoms with Crippen molar-refractivity contribution in [1.29, 1.82) is 0 Å². The molecule has 0 radical (unpaired) electrons. The molecule has 1 aromatic carbocycles. The number of amides is 2. The summed E-state index contributed by atoms with van der Waals surface area (Å²) in [6, 6.07) is 4.47. The molecule has 3 N–H and O–H groups in total. The molecule has 0 spiro atoms. The molecule has 2 aliphatic rings. The van der Waals surface area contributed by atoms with Crippen LogP contribution >= 0.6 is 11.3 Å². The Balaban J connectivity index is 1.49. The second kappa shape index (κ2) is 12.4. The van der Waals surface area contributed by atoms with Crippen LogP contribution in [0.15, 0.2) is 29.3 Å². The Labute approximate surface area is 249 Å². The quantitative estimate of drug-likeness (QED) is 0.299. The van der Waals surface area contributed by atoms with E-state index in [1.54, 1.807) is 46.9 Å². The van der Waals surface area contributed by atoms with Gasteiger partial charge in [-0.1, -0.05) is 6.07 Å². The van der Waals surface area contributed by atoms with Gasteiger partial charge in [0.1, 0.15) is 6.61 Å². The van der Waals surface area contributed by atoms with Crippen LogP contribution in [0.1, 0.15) is 77.6 Å². The summed E-state index contributed by atoms with van der Waals surface area (Å²) in [5, 5.41) is 6.23. The van der Waals surface area contributed by atoms with Gasteiger partial charge in [-0.05, 0) is 72.4 Å². The molecule has 1 atom stereocenters. The Bertz CT molecular complexity index is 1400. The zero-order valence-corrected chi connectivity index (χ0v) is 26.0. The SMILES string of the molecule is CC(C)OC(=O)NC1CCC(c2ncc(-c3ccc(NC(=O)OCC4CC4(F)F)cc3S(=O)(=O)NC(C)(C)C)s2)CC1. The number of halogens is 2. The fourth-order valence-electron chi connectivity index (χ4n) is 4.77. The lowest BCUT2D eigenvalue weighted by Gasteiger charge is -2.28. The zero-order chi connectivity index (χ0) is 30.9. The first-order chi connectivity index (χ1) is 19.5. The minimum absolute atomic E-state index is 0.0275. The predicted octanol–water partition coefficient (Wildman–Crippen LogP) is 6.25. The Morgan fingerprint density at radius 1 is 1.14 bits per heavy atom. The largest absolute Gasteiger partial charge is 0.449 e. The number of nitrogens with zero attached hydrogens (tertiary/aromatic N) is 1. The van der Waals surface area contributed by atoms with Crippen molar-refractivity contribution >= 4 is 39.2 Å². The summed E-state index contributed by atoms with van der Waals surface area (Å²) in [6.07, 6.45) is 2.95. The average molecular weight is 629 g/mol. The summed E-state index contributed by atoms with van der Waals surface area (Å²) < 4.78 is 65.9. The van der Waals surface area contributed by atoms with Crippen molar-refractivity contribution in [1.82, 2.24) is 15.0 Å². The molecule has 14 heteroatoms. The number of carbonyl (C=O) groups excluding carboxylic acids is 2. The molecule has 0 saturated heterocycles. The van der Waals surface area contributed by atoms with Gasteiger partial charge in [0, 0.05) is 41.4 Å². The third-order valence-electron chi connectivity index (χ3n) is 6.86. The Morgan fingerprint density at radius 2 is 1.81 bits per heavy atom. The molecule has 232 valence electrons. The maximum absolute atomic E-state index is 13.5.